The van der Waals surface area contributed by atoms with Crippen LogP contribution in [0.15, 0.2) is 48.5 Å². The van der Waals surface area contributed by atoms with Crippen LogP contribution in [0, 0.1) is 0 Å². The van der Waals surface area contributed by atoms with Crippen molar-refractivity contribution in [1.82, 2.24) is 10.2 Å². The molecule has 1 N–H and O–H groups in total. The summed E-state index contributed by atoms with van der Waals surface area (Å²) >= 11 is 0. The maximum Gasteiger partial charge on any atom is 0.253 e. The lowest BCUT2D eigenvalue weighted by Crippen LogP contribution is -2.31. The van der Waals surface area contributed by atoms with Crippen molar-refractivity contribution in [2.24, 2.45) is 0 Å². The molecule has 0 atom stereocenters. The number of hydrogen-bond acceptors (Lipinski definition) is 4. The van der Waals surface area contributed by atoms with Gasteiger partial charge in [-0.25, -0.2) is 0 Å². The van der Waals surface area contributed by atoms with Gasteiger partial charge in [0.05, 0.1) is 0 Å². The van der Waals surface area contributed by atoms with E-state index in [0.717, 1.165) is 11.4 Å². The van der Waals surface area contributed by atoms with Crippen LogP contribution < -0.4 is 15.1 Å². The quantitative estimate of drug-likeness (QED) is 0.714. The van der Waals surface area contributed by atoms with E-state index in [1.807, 2.05) is 86.5 Å². The molecule has 0 saturated heterocycles. The third-order valence-corrected chi connectivity index (χ3v) is 4.58. The van der Waals surface area contributed by atoms with E-state index in [2.05, 4.69) is 5.32 Å². The maximum atomic E-state index is 12.5. The molecule has 0 unspecified atom stereocenters. The van der Waals surface area contributed by atoms with E-state index in [-0.39, 0.29) is 11.8 Å². The van der Waals surface area contributed by atoms with Crippen molar-refractivity contribution < 1.29 is 9.59 Å². The standard InChI is InChI=1S/C22H30N4O2/c1-24(2)19-11-7-17(8-12-19)21(27)23-15-6-16-26(5)22(28)18-9-13-20(14-10-18)25(3)4/h7-14H,6,15-16H2,1-5H3,(H,23,27). The molecule has 150 valence electrons. The Bertz CT molecular complexity index is 783. The van der Waals surface area contributed by atoms with Gasteiger partial charge >= 0.3 is 0 Å². The van der Waals surface area contributed by atoms with Crippen LogP contribution in [-0.2, 0) is 0 Å². The Morgan fingerprint density at radius 1 is 0.750 bits per heavy atom. The van der Waals surface area contributed by atoms with E-state index in [1.54, 1.807) is 11.9 Å². The number of nitrogens with one attached hydrogen (secondary N) is 1. The van der Waals surface area contributed by atoms with Crippen LogP contribution in [0.2, 0.25) is 0 Å². The largest absolute Gasteiger partial charge is 0.378 e. The van der Waals surface area contributed by atoms with Gasteiger partial charge in [-0.3, -0.25) is 9.59 Å². The average Bonchev–Trinajstić information content (AvgIpc) is 2.70. The van der Waals surface area contributed by atoms with Crippen LogP contribution in [0.5, 0.6) is 0 Å². The molecule has 0 bridgehead atoms. The lowest BCUT2D eigenvalue weighted by molar-refractivity contribution is 0.0793. The highest BCUT2D eigenvalue weighted by Gasteiger charge is 2.12. The normalized spacial score (nSPS) is 10.3. The van der Waals surface area contributed by atoms with Gasteiger partial charge in [0.1, 0.15) is 0 Å². The van der Waals surface area contributed by atoms with Crippen LogP contribution in [0.4, 0.5) is 11.4 Å². The molecule has 0 aliphatic carbocycles. The first-order chi connectivity index (χ1) is 13.3. The molecular formula is C22H30N4O2. The van der Waals surface area contributed by atoms with Crippen LogP contribution in [-0.4, -0.2) is 65.0 Å². The van der Waals surface area contributed by atoms with E-state index in [0.29, 0.717) is 30.6 Å². The van der Waals surface area contributed by atoms with Gasteiger partial charge in [-0.1, -0.05) is 0 Å². The average molecular weight is 383 g/mol. The first-order valence-electron chi connectivity index (χ1n) is 9.38. The number of amides is 2. The second-order valence-electron chi connectivity index (χ2n) is 7.22. The van der Waals surface area contributed by atoms with Gasteiger partial charge in [0.25, 0.3) is 11.8 Å². The summed E-state index contributed by atoms with van der Waals surface area (Å²) in [4.78, 5) is 30.4. The number of anilines is 2. The lowest BCUT2D eigenvalue weighted by atomic mass is 10.1. The van der Waals surface area contributed by atoms with Crippen molar-refractivity contribution in [2.45, 2.75) is 6.42 Å². The van der Waals surface area contributed by atoms with Crippen LogP contribution in [0.1, 0.15) is 27.1 Å². The Morgan fingerprint density at radius 3 is 1.68 bits per heavy atom. The van der Waals surface area contributed by atoms with Crippen molar-refractivity contribution in [3.05, 3.63) is 59.7 Å². The van der Waals surface area contributed by atoms with Crippen molar-refractivity contribution >= 4 is 23.2 Å². The number of carbonyl (C=O) groups is 2. The predicted octanol–water partition coefficient (Wildman–Crippen LogP) is 2.71. The summed E-state index contributed by atoms with van der Waals surface area (Å²) in [7, 11) is 9.64. The van der Waals surface area contributed by atoms with E-state index < -0.39 is 0 Å². The monoisotopic (exact) mass is 382 g/mol. The summed E-state index contributed by atoms with van der Waals surface area (Å²) in [6.07, 6.45) is 0.694. The first kappa shape index (κ1) is 21.3. The van der Waals surface area contributed by atoms with Crippen molar-refractivity contribution in [3.63, 3.8) is 0 Å². The number of hydrogen-bond donors (Lipinski definition) is 1. The number of carbonyl (C=O) groups excluding carboxylic acids is 2. The molecule has 0 aromatic heterocycles. The maximum absolute atomic E-state index is 12.5. The lowest BCUT2D eigenvalue weighted by Gasteiger charge is -2.18. The molecule has 0 saturated carbocycles. The summed E-state index contributed by atoms with van der Waals surface area (Å²) in [6.45, 7) is 1.10. The third kappa shape index (κ3) is 5.74. The molecule has 0 aliphatic rings. The molecule has 2 aromatic rings. The predicted molar refractivity (Wildman–Crippen MR) is 115 cm³/mol. The highest BCUT2D eigenvalue weighted by atomic mass is 16.2. The number of nitrogens with zero attached hydrogens (tertiary/aromatic N) is 3. The van der Waals surface area contributed by atoms with Crippen LogP contribution in [0.25, 0.3) is 0 Å². The Kier molecular flexibility index (Phi) is 7.44. The van der Waals surface area contributed by atoms with Gasteiger partial charge in [0, 0.05) is 70.8 Å². The molecule has 0 spiro atoms. The molecule has 2 amide bonds. The van der Waals surface area contributed by atoms with Gasteiger partial charge in [0.15, 0.2) is 0 Å². The molecule has 0 aliphatic heterocycles. The highest BCUT2D eigenvalue weighted by molar-refractivity contribution is 5.95. The van der Waals surface area contributed by atoms with Gasteiger partial charge in [-0.05, 0) is 55.0 Å². The van der Waals surface area contributed by atoms with E-state index >= 15 is 0 Å². The molecule has 6 heteroatoms. The zero-order valence-electron chi connectivity index (χ0n) is 17.4. The minimum absolute atomic E-state index is 0.0177. The molecule has 0 fully saturated rings. The summed E-state index contributed by atoms with van der Waals surface area (Å²) in [5, 5.41) is 2.91. The molecule has 6 nitrogen and oxygen atoms in total. The Labute approximate surface area is 167 Å². The molecule has 2 rings (SSSR count). The van der Waals surface area contributed by atoms with E-state index in [9.17, 15) is 9.59 Å². The topological polar surface area (TPSA) is 55.9 Å². The minimum Gasteiger partial charge on any atom is -0.378 e. The van der Waals surface area contributed by atoms with Gasteiger partial charge < -0.3 is 20.0 Å². The second kappa shape index (κ2) is 9.78. The highest BCUT2D eigenvalue weighted by Crippen LogP contribution is 2.14. The van der Waals surface area contributed by atoms with Gasteiger partial charge in [0.2, 0.25) is 0 Å². The fourth-order valence-electron chi connectivity index (χ4n) is 2.76. The van der Waals surface area contributed by atoms with E-state index in [1.165, 1.54) is 0 Å². The van der Waals surface area contributed by atoms with Gasteiger partial charge in [-0.2, -0.15) is 0 Å². The molecule has 2 aromatic carbocycles. The van der Waals surface area contributed by atoms with Crippen LogP contribution >= 0.6 is 0 Å². The number of benzene rings is 2. The number of rotatable bonds is 8. The van der Waals surface area contributed by atoms with Crippen molar-refractivity contribution in [3.8, 4) is 0 Å². The third-order valence-electron chi connectivity index (χ3n) is 4.58. The Balaban J connectivity index is 1.77. The zero-order chi connectivity index (χ0) is 20.7. The minimum atomic E-state index is -0.0986. The van der Waals surface area contributed by atoms with E-state index in [4.69, 9.17) is 0 Å². The SMILES string of the molecule is CN(CCCNC(=O)c1ccc(N(C)C)cc1)C(=O)c1ccc(N(C)C)cc1. The Hall–Kier alpha value is -3.02. The van der Waals surface area contributed by atoms with Gasteiger partial charge in [-0.15, -0.1) is 0 Å². The smallest absolute Gasteiger partial charge is 0.253 e. The fourth-order valence-corrected chi connectivity index (χ4v) is 2.76. The summed E-state index contributed by atoms with van der Waals surface area (Å²) in [5.74, 6) is -0.116. The molecular weight excluding hydrogens is 352 g/mol. The van der Waals surface area contributed by atoms with Crippen LogP contribution in [0.3, 0.4) is 0 Å². The zero-order valence-corrected chi connectivity index (χ0v) is 17.4. The summed E-state index contributed by atoms with van der Waals surface area (Å²) in [6, 6.07) is 15.0. The molecule has 0 radical (unpaired) electrons. The Morgan fingerprint density at radius 2 is 1.21 bits per heavy atom. The van der Waals surface area contributed by atoms with Crippen molar-refractivity contribution in [1.29, 1.82) is 0 Å². The molecule has 0 heterocycles. The second-order valence-corrected chi connectivity index (χ2v) is 7.22. The first-order valence-corrected chi connectivity index (χ1v) is 9.38. The van der Waals surface area contributed by atoms with Crippen molar-refractivity contribution in [2.75, 3.05) is 58.1 Å². The summed E-state index contributed by atoms with van der Waals surface area (Å²) in [5.41, 5.74) is 3.41. The molecule has 28 heavy (non-hydrogen) atoms. The fraction of sp³-hybridized carbons (Fsp3) is 0.364. The summed E-state index contributed by atoms with van der Waals surface area (Å²) < 4.78 is 0.